The Morgan fingerprint density at radius 2 is 1.73 bits per heavy atom. The number of hydrogen-bond acceptors (Lipinski definition) is 7. The van der Waals surface area contributed by atoms with Gasteiger partial charge in [0.15, 0.2) is 15.4 Å². The number of nitrogens with one attached hydrogen (secondary N) is 2. The summed E-state index contributed by atoms with van der Waals surface area (Å²) < 4.78 is 110. The smallest absolute Gasteiger partial charge is 0.416 e. The number of amides is 2. The first-order chi connectivity index (χ1) is 20.7. The molecule has 0 radical (unpaired) electrons. The van der Waals surface area contributed by atoms with Crippen molar-refractivity contribution < 1.29 is 54.2 Å². The molecule has 1 aromatic carbocycles. The molecule has 0 bridgehead atoms. The van der Waals surface area contributed by atoms with Crippen LogP contribution in [-0.4, -0.2) is 67.3 Å². The van der Waals surface area contributed by atoms with E-state index in [0.29, 0.717) is 5.56 Å². The number of sulfone groups is 1. The molecule has 3 N–H and O–H groups in total. The summed E-state index contributed by atoms with van der Waals surface area (Å²) in [5, 5.41) is 14.8. The fraction of sp³-hybridized carbons (Fsp3) is 0.483. The number of alkyl halides is 6. The number of carbonyl (C=O) groups excluding carboxylic acids is 2. The highest BCUT2D eigenvalue weighted by Gasteiger charge is 2.59. The average molecular weight is 664 g/mol. The van der Waals surface area contributed by atoms with Crippen molar-refractivity contribution in [2.75, 3.05) is 24.7 Å². The highest BCUT2D eigenvalue weighted by atomic mass is 32.2. The van der Waals surface area contributed by atoms with Crippen molar-refractivity contribution in [3.05, 3.63) is 65.0 Å². The lowest BCUT2D eigenvalue weighted by Gasteiger charge is -2.41. The lowest BCUT2D eigenvalue weighted by Crippen LogP contribution is -2.59. The van der Waals surface area contributed by atoms with Crippen LogP contribution >= 0.6 is 0 Å². The van der Waals surface area contributed by atoms with Gasteiger partial charge >= 0.3 is 12.4 Å². The molecule has 246 valence electrons. The van der Waals surface area contributed by atoms with Crippen LogP contribution < -0.4 is 15.4 Å². The standard InChI is InChI=1S/C29H31F6N3O6S/c1-26(2,41)19-6-9-23(36-13-19)21-12-27(29(33,34)35,18-4-7-20(8-5-18)44-11-3-10-28(30,31)32)38-25(40)22(21)14-37-24(39)17-15-45(42,43)16-17/h4-9,13,17,41H,3,10-12,14-16H2,1-2H3,(H,37,39)(H,38,40)/t27-/m0/s1. The lowest BCUT2D eigenvalue weighted by molar-refractivity contribution is -0.201. The van der Waals surface area contributed by atoms with Crippen molar-refractivity contribution in [2.24, 2.45) is 5.92 Å². The zero-order valence-corrected chi connectivity index (χ0v) is 25.0. The van der Waals surface area contributed by atoms with Crippen molar-refractivity contribution in [3.63, 3.8) is 0 Å². The van der Waals surface area contributed by atoms with Gasteiger partial charge in [0.1, 0.15) is 5.75 Å². The molecule has 2 aromatic rings. The average Bonchev–Trinajstić information content (AvgIpc) is 2.91. The maximum atomic E-state index is 14.9. The van der Waals surface area contributed by atoms with Gasteiger partial charge in [-0.05, 0) is 49.6 Å². The number of benzene rings is 1. The Balaban J connectivity index is 1.68. The molecule has 0 aliphatic carbocycles. The molecule has 0 saturated carbocycles. The van der Waals surface area contributed by atoms with Gasteiger partial charge in [-0.2, -0.15) is 26.3 Å². The number of aliphatic hydroxyl groups is 1. The van der Waals surface area contributed by atoms with Gasteiger partial charge in [0.25, 0.3) is 0 Å². The molecule has 45 heavy (non-hydrogen) atoms. The fourth-order valence-corrected chi connectivity index (χ4v) is 6.46. The number of nitrogens with zero attached hydrogens (tertiary/aromatic N) is 1. The molecule has 1 saturated heterocycles. The Hall–Kier alpha value is -3.66. The van der Waals surface area contributed by atoms with Crippen molar-refractivity contribution >= 4 is 27.2 Å². The zero-order chi connectivity index (χ0) is 33.4. The number of hydrogen-bond donors (Lipinski definition) is 3. The van der Waals surface area contributed by atoms with E-state index in [2.05, 4.69) is 15.6 Å². The number of pyridine rings is 1. The first kappa shape index (κ1) is 34.2. The van der Waals surface area contributed by atoms with Crippen LogP contribution in [0.2, 0.25) is 0 Å². The third kappa shape index (κ3) is 7.95. The number of aromatic nitrogens is 1. The first-order valence-electron chi connectivity index (χ1n) is 13.8. The van der Waals surface area contributed by atoms with Crippen LogP contribution in [0.4, 0.5) is 26.3 Å². The SMILES string of the molecule is CC(C)(O)c1ccc(C2=C(CNC(=O)C3CS(=O)(=O)C3)C(=O)N[C@@](c3ccc(OCCCC(F)(F)F)cc3)(C(F)(F)F)C2)nc1. The summed E-state index contributed by atoms with van der Waals surface area (Å²) in [6.45, 7) is 2.14. The summed E-state index contributed by atoms with van der Waals surface area (Å²) in [4.78, 5) is 30.2. The van der Waals surface area contributed by atoms with Crippen LogP contribution in [0.5, 0.6) is 5.75 Å². The lowest BCUT2D eigenvalue weighted by atomic mass is 9.77. The summed E-state index contributed by atoms with van der Waals surface area (Å²) in [5.74, 6) is -3.41. The Kier molecular flexibility index (Phi) is 9.33. The minimum Gasteiger partial charge on any atom is -0.494 e. The van der Waals surface area contributed by atoms with Crippen molar-refractivity contribution in [3.8, 4) is 5.75 Å². The van der Waals surface area contributed by atoms with E-state index >= 15 is 0 Å². The largest absolute Gasteiger partial charge is 0.494 e. The number of ether oxygens (including phenoxy) is 1. The van der Waals surface area contributed by atoms with E-state index in [0.717, 1.165) is 24.3 Å². The van der Waals surface area contributed by atoms with Gasteiger partial charge in [0, 0.05) is 36.7 Å². The van der Waals surface area contributed by atoms with Gasteiger partial charge in [-0.15, -0.1) is 0 Å². The molecule has 2 aliphatic heterocycles. The minimum atomic E-state index is -5.06. The predicted molar refractivity (Wildman–Crippen MR) is 149 cm³/mol. The third-order valence-corrected chi connectivity index (χ3v) is 9.43. The highest BCUT2D eigenvalue weighted by molar-refractivity contribution is 7.92. The first-order valence-corrected chi connectivity index (χ1v) is 15.6. The van der Waals surface area contributed by atoms with Crippen LogP contribution in [0, 0.1) is 5.92 Å². The number of rotatable bonds is 10. The van der Waals surface area contributed by atoms with E-state index in [1.54, 1.807) is 0 Å². The van der Waals surface area contributed by atoms with Gasteiger partial charge in [0.2, 0.25) is 11.8 Å². The van der Waals surface area contributed by atoms with Crippen LogP contribution in [0.1, 0.15) is 49.9 Å². The van der Waals surface area contributed by atoms with Gasteiger partial charge < -0.3 is 20.5 Å². The van der Waals surface area contributed by atoms with Crippen molar-refractivity contribution in [1.29, 1.82) is 0 Å². The van der Waals surface area contributed by atoms with Gasteiger partial charge in [-0.1, -0.05) is 18.2 Å². The maximum absolute atomic E-state index is 14.9. The monoisotopic (exact) mass is 663 g/mol. The normalized spacial score (nSPS) is 20.8. The van der Waals surface area contributed by atoms with Crippen LogP contribution in [0.3, 0.4) is 0 Å². The van der Waals surface area contributed by atoms with Crippen molar-refractivity contribution in [1.82, 2.24) is 15.6 Å². The number of halogens is 6. The minimum absolute atomic E-state index is 0.0217. The van der Waals surface area contributed by atoms with Gasteiger partial charge in [0.05, 0.1) is 35.3 Å². The molecule has 2 amide bonds. The Bertz CT molecular complexity index is 1550. The summed E-state index contributed by atoms with van der Waals surface area (Å²) in [5.41, 5.74) is -4.73. The summed E-state index contributed by atoms with van der Waals surface area (Å²) in [7, 11) is -3.34. The Morgan fingerprint density at radius 1 is 1.09 bits per heavy atom. The molecule has 3 heterocycles. The summed E-state index contributed by atoms with van der Waals surface area (Å²) in [6, 6.07) is 7.21. The van der Waals surface area contributed by atoms with E-state index < -0.39 is 70.4 Å². The van der Waals surface area contributed by atoms with E-state index in [9.17, 15) is 49.5 Å². The molecular weight excluding hydrogens is 632 g/mol. The van der Waals surface area contributed by atoms with Gasteiger partial charge in [-0.25, -0.2) is 8.42 Å². The third-order valence-electron chi connectivity index (χ3n) is 7.61. The second-order valence-corrected chi connectivity index (χ2v) is 13.7. The highest BCUT2D eigenvalue weighted by Crippen LogP contribution is 2.48. The van der Waals surface area contributed by atoms with Crippen LogP contribution in [0.15, 0.2) is 48.2 Å². The van der Waals surface area contributed by atoms with Gasteiger partial charge in [-0.3, -0.25) is 14.6 Å². The molecular formula is C29H31F6N3O6S. The van der Waals surface area contributed by atoms with Crippen molar-refractivity contribution in [2.45, 2.75) is 56.6 Å². The zero-order valence-electron chi connectivity index (χ0n) is 24.2. The molecule has 1 fully saturated rings. The van der Waals surface area contributed by atoms with E-state index in [1.165, 1.54) is 32.2 Å². The molecule has 0 unspecified atom stereocenters. The topological polar surface area (TPSA) is 135 Å². The van der Waals surface area contributed by atoms with E-state index in [1.807, 2.05) is 0 Å². The molecule has 2 aliphatic rings. The molecule has 1 aromatic heterocycles. The molecule has 4 rings (SSSR count). The second kappa shape index (κ2) is 12.3. The Morgan fingerprint density at radius 3 is 2.24 bits per heavy atom. The van der Waals surface area contributed by atoms with E-state index in [-0.39, 0.29) is 52.7 Å². The molecule has 16 heteroatoms. The maximum Gasteiger partial charge on any atom is 0.416 e. The predicted octanol–water partition coefficient (Wildman–Crippen LogP) is 3.92. The number of carbonyl (C=O) groups is 2. The molecule has 1 atom stereocenters. The van der Waals surface area contributed by atoms with E-state index in [4.69, 9.17) is 4.74 Å². The van der Waals surface area contributed by atoms with Crippen LogP contribution in [0.25, 0.3) is 5.57 Å². The fourth-order valence-electron chi connectivity index (χ4n) is 5.03. The quantitative estimate of drug-likeness (QED) is 0.259. The second-order valence-electron chi connectivity index (χ2n) is 11.6. The Labute approximate surface area is 255 Å². The molecule has 9 nitrogen and oxygen atoms in total. The summed E-state index contributed by atoms with van der Waals surface area (Å²) in [6.07, 6.45) is -10.5. The van der Waals surface area contributed by atoms with Crippen LogP contribution in [-0.2, 0) is 30.6 Å². The molecule has 0 spiro atoms. The summed E-state index contributed by atoms with van der Waals surface area (Å²) >= 11 is 0.